The molecule has 0 spiro atoms. The fraction of sp³-hybridized carbons (Fsp3) is 0.471. The molecular formula is C17H19N3O. The molecule has 0 heterocycles. The Morgan fingerprint density at radius 1 is 1.24 bits per heavy atom. The molecule has 4 unspecified atom stereocenters. The average Bonchev–Trinajstić information content (AvgIpc) is 2.46. The second-order valence-electron chi connectivity index (χ2n) is 6.28. The van der Waals surface area contributed by atoms with Crippen LogP contribution in [0.4, 0.5) is 0 Å². The molecular weight excluding hydrogens is 262 g/mol. The molecule has 2 saturated carbocycles. The van der Waals surface area contributed by atoms with E-state index in [-0.39, 0.29) is 23.7 Å². The van der Waals surface area contributed by atoms with Crippen LogP contribution in [0.1, 0.15) is 37.3 Å². The van der Waals surface area contributed by atoms with Gasteiger partial charge in [-0.05, 0) is 42.2 Å². The van der Waals surface area contributed by atoms with Gasteiger partial charge in [0.2, 0.25) is 0 Å². The summed E-state index contributed by atoms with van der Waals surface area (Å²) in [5.74, 6) is 0.775. The van der Waals surface area contributed by atoms with Crippen molar-refractivity contribution in [1.82, 2.24) is 0 Å². The van der Waals surface area contributed by atoms with E-state index in [1.165, 1.54) is 5.57 Å². The van der Waals surface area contributed by atoms with E-state index in [1.807, 2.05) is 30.3 Å². The molecule has 0 radical (unpaired) electrons. The number of carbonyl (C=O) groups is 1. The van der Waals surface area contributed by atoms with Crippen LogP contribution in [0, 0.1) is 17.8 Å². The van der Waals surface area contributed by atoms with Gasteiger partial charge in [-0.15, -0.1) is 0 Å². The average molecular weight is 281 g/mol. The summed E-state index contributed by atoms with van der Waals surface area (Å²) in [4.78, 5) is 15.6. The van der Waals surface area contributed by atoms with E-state index in [2.05, 4.69) is 16.6 Å². The predicted molar refractivity (Wildman–Crippen MR) is 81.4 cm³/mol. The van der Waals surface area contributed by atoms with E-state index in [1.54, 1.807) is 0 Å². The van der Waals surface area contributed by atoms with Crippen LogP contribution in [0.15, 0.2) is 47.6 Å². The van der Waals surface area contributed by atoms with Crippen LogP contribution in [0.25, 0.3) is 10.4 Å². The number of benzene rings is 1. The van der Waals surface area contributed by atoms with Crippen molar-refractivity contribution in [3.05, 3.63) is 58.5 Å². The fourth-order valence-electron chi connectivity index (χ4n) is 4.06. The molecule has 1 aromatic carbocycles. The van der Waals surface area contributed by atoms with Gasteiger partial charge in [-0.2, -0.15) is 0 Å². The zero-order valence-corrected chi connectivity index (χ0v) is 12.0. The Morgan fingerprint density at radius 3 is 2.71 bits per heavy atom. The first-order valence-corrected chi connectivity index (χ1v) is 7.47. The molecule has 0 aromatic heterocycles. The van der Waals surface area contributed by atoms with Crippen molar-refractivity contribution in [1.29, 1.82) is 0 Å². The first-order valence-electron chi connectivity index (χ1n) is 7.47. The molecule has 2 aliphatic rings. The number of allylic oxidation sites excluding steroid dienone is 1. The minimum atomic E-state index is -0.388. The standard InChI is InChI=1S/C17H19N3O/c1-11-7-12-9-14(8-11)16(15(21)10-12)17(19-20-18)13-5-3-2-4-6-13/h2-6,12,14,16-17H,1,7-10H2. The molecule has 4 nitrogen and oxygen atoms in total. The molecule has 0 saturated heterocycles. The highest BCUT2D eigenvalue weighted by atomic mass is 16.1. The lowest BCUT2D eigenvalue weighted by atomic mass is 9.62. The summed E-state index contributed by atoms with van der Waals surface area (Å²) < 4.78 is 0. The molecule has 108 valence electrons. The second-order valence-corrected chi connectivity index (χ2v) is 6.28. The summed E-state index contributed by atoms with van der Waals surface area (Å²) in [5, 5.41) is 3.97. The Labute approximate surface area is 124 Å². The van der Waals surface area contributed by atoms with Gasteiger partial charge in [-0.1, -0.05) is 47.6 Å². The normalized spacial score (nSPS) is 29.6. The minimum Gasteiger partial charge on any atom is -0.299 e. The number of ketones is 1. The quantitative estimate of drug-likeness (QED) is 0.345. The maximum absolute atomic E-state index is 12.6. The van der Waals surface area contributed by atoms with E-state index >= 15 is 0 Å². The number of rotatable bonds is 3. The first-order chi connectivity index (χ1) is 10.2. The summed E-state index contributed by atoms with van der Waals surface area (Å²) in [6, 6.07) is 9.27. The monoisotopic (exact) mass is 281 g/mol. The lowest BCUT2D eigenvalue weighted by molar-refractivity contribution is -0.130. The Hall–Kier alpha value is -2.06. The van der Waals surface area contributed by atoms with E-state index in [0.717, 1.165) is 24.8 Å². The Balaban J connectivity index is 1.96. The molecule has 4 atom stereocenters. The lowest BCUT2D eigenvalue weighted by Gasteiger charge is -2.42. The topological polar surface area (TPSA) is 65.8 Å². The van der Waals surface area contributed by atoms with Gasteiger partial charge in [0.05, 0.1) is 6.04 Å². The van der Waals surface area contributed by atoms with Crippen molar-refractivity contribution in [3.63, 3.8) is 0 Å². The maximum atomic E-state index is 12.6. The number of nitrogens with zero attached hydrogens (tertiary/aromatic N) is 3. The SMILES string of the molecule is C=C1CC2CC(=O)C(C(N=[N+]=[N-])c3ccccc3)C(C1)C2. The minimum absolute atomic E-state index is 0.198. The number of carbonyl (C=O) groups excluding carboxylic acids is 1. The van der Waals surface area contributed by atoms with Gasteiger partial charge < -0.3 is 0 Å². The summed E-state index contributed by atoms with van der Waals surface area (Å²) >= 11 is 0. The third-order valence-corrected chi connectivity index (χ3v) is 4.79. The largest absolute Gasteiger partial charge is 0.299 e. The molecule has 4 heteroatoms. The Kier molecular flexibility index (Phi) is 3.80. The van der Waals surface area contributed by atoms with Gasteiger partial charge in [0.25, 0.3) is 0 Å². The van der Waals surface area contributed by atoms with Crippen LogP contribution in [0.3, 0.4) is 0 Å². The third-order valence-electron chi connectivity index (χ3n) is 4.79. The number of fused-ring (bicyclic) bond motifs is 2. The second kappa shape index (κ2) is 5.74. The Bertz CT molecular complexity index is 604. The predicted octanol–water partition coefficient (Wildman–Crippen LogP) is 4.60. The number of azide groups is 1. The van der Waals surface area contributed by atoms with Crippen LogP contribution in [0.2, 0.25) is 0 Å². The summed E-state index contributed by atoms with van der Waals surface area (Å²) in [6.45, 7) is 4.12. The van der Waals surface area contributed by atoms with Crippen LogP contribution in [-0.4, -0.2) is 5.78 Å². The smallest absolute Gasteiger partial charge is 0.137 e. The number of Topliss-reactive ketones (excluding diaryl/α,β-unsaturated/α-hetero) is 1. The molecule has 0 aliphatic heterocycles. The van der Waals surface area contributed by atoms with Crippen molar-refractivity contribution < 1.29 is 4.79 Å². The molecule has 2 aliphatic carbocycles. The van der Waals surface area contributed by atoms with E-state index in [0.29, 0.717) is 12.3 Å². The van der Waals surface area contributed by atoms with Crippen molar-refractivity contribution in [2.24, 2.45) is 22.9 Å². The highest BCUT2D eigenvalue weighted by Crippen LogP contribution is 2.48. The first kappa shape index (κ1) is 13.9. The van der Waals surface area contributed by atoms with Gasteiger partial charge in [-0.3, -0.25) is 4.79 Å². The molecule has 1 aromatic rings. The van der Waals surface area contributed by atoms with Crippen molar-refractivity contribution >= 4 is 5.78 Å². The highest BCUT2D eigenvalue weighted by molar-refractivity contribution is 5.83. The van der Waals surface area contributed by atoms with Crippen LogP contribution >= 0.6 is 0 Å². The zero-order valence-electron chi connectivity index (χ0n) is 12.0. The highest BCUT2D eigenvalue weighted by Gasteiger charge is 2.43. The molecule has 0 N–H and O–H groups in total. The number of hydrogen-bond acceptors (Lipinski definition) is 2. The van der Waals surface area contributed by atoms with Crippen LogP contribution < -0.4 is 0 Å². The van der Waals surface area contributed by atoms with E-state index < -0.39 is 0 Å². The summed E-state index contributed by atoms with van der Waals surface area (Å²) in [6.07, 6.45) is 3.52. The van der Waals surface area contributed by atoms with Crippen LogP contribution in [0.5, 0.6) is 0 Å². The molecule has 3 rings (SSSR count). The lowest BCUT2D eigenvalue weighted by Crippen LogP contribution is -2.39. The third kappa shape index (κ3) is 2.72. The van der Waals surface area contributed by atoms with Crippen molar-refractivity contribution in [2.45, 2.75) is 31.7 Å². The zero-order chi connectivity index (χ0) is 14.8. The number of hydrogen-bond donors (Lipinski definition) is 0. The van der Waals surface area contributed by atoms with Gasteiger partial charge >= 0.3 is 0 Å². The summed E-state index contributed by atoms with van der Waals surface area (Å²) in [5.41, 5.74) is 11.1. The van der Waals surface area contributed by atoms with Gasteiger partial charge in [0, 0.05) is 17.3 Å². The van der Waals surface area contributed by atoms with E-state index in [4.69, 9.17) is 5.53 Å². The molecule has 2 bridgehead atoms. The molecule has 2 fully saturated rings. The van der Waals surface area contributed by atoms with Gasteiger partial charge in [0.15, 0.2) is 0 Å². The van der Waals surface area contributed by atoms with Crippen LogP contribution in [-0.2, 0) is 4.79 Å². The van der Waals surface area contributed by atoms with Gasteiger partial charge in [-0.25, -0.2) is 0 Å². The van der Waals surface area contributed by atoms with Gasteiger partial charge in [0.1, 0.15) is 5.78 Å². The van der Waals surface area contributed by atoms with Crippen molar-refractivity contribution in [3.8, 4) is 0 Å². The van der Waals surface area contributed by atoms with Crippen molar-refractivity contribution in [2.75, 3.05) is 0 Å². The maximum Gasteiger partial charge on any atom is 0.137 e. The molecule has 0 amide bonds. The molecule has 21 heavy (non-hydrogen) atoms. The summed E-state index contributed by atoms with van der Waals surface area (Å²) in [7, 11) is 0. The Morgan fingerprint density at radius 2 is 2.00 bits per heavy atom. The van der Waals surface area contributed by atoms with E-state index in [9.17, 15) is 4.79 Å². The fourth-order valence-corrected chi connectivity index (χ4v) is 4.06.